The predicted octanol–water partition coefficient (Wildman–Crippen LogP) is 3.40. The molecular formula is C11H9Cl2N3. The Morgan fingerprint density at radius 2 is 1.88 bits per heavy atom. The van der Waals surface area contributed by atoms with Gasteiger partial charge in [0.1, 0.15) is 6.33 Å². The van der Waals surface area contributed by atoms with E-state index in [1.807, 2.05) is 18.2 Å². The molecule has 0 aliphatic rings. The van der Waals surface area contributed by atoms with Crippen LogP contribution in [0, 0.1) is 0 Å². The van der Waals surface area contributed by atoms with Crippen molar-refractivity contribution in [1.29, 1.82) is 0 Å². The fraction of sp³-hybridized carbons (Fsp3) is 0.0909. The second-order valence-electron chi connectivity index (χ2n) is 3.21. The highest BCUT2D eigenvalue weighted by molar-refractivity contribution is 6.35. The van der Waals surface area contributed by atoms with Crippen LogP contribution in [-0.4, -0.2) is 9.97 Å². The highest BCUT2D eigenvalue weighted by Gasteiger charge is 1.98. The van der Waals surface area contributed by atoms with E-state index in [0.717, 1.165) is 11.4 Å². The normalized spacial score (nSPS) is 10.1. The van der Waals surface area contributed by atoms with Crippen molar-refractivity contribution < 1.29 is 0 Å². The highest BCUT2D eigenvalue weighted by atomic mass is 35.5. The number of nitrogens with zero attached hydrogens (tertiary/aromatic N) is 2. The smallest absolute Gasteiger partial charge is 0.115 e. The van der Waals surface area contributed by atoms with Crippen LogP contribution in [0.25, 0.3) is 0 Å². The summed E-state index contributed by atoms with van der Waals surface area (Å²) >= 11 is 11.8. The van der Waals surface area contributed by atoms with Crippen molar-refractivity contribution >= 4 is 28.9 Å². The van der Waals surface area contributed by atoms with Crippen molar-refractivity contribution in [3.8, 4) is 0 Å². The van der Waals surface area contributed by atoms with Gasteiger partial charge in [-0.2, -0.15) is 0 Å². The molecule has 1 aromatic carbocycles. The molecule has 82 valence electrons. The maximum absolute atomic E-state index is 5.88. The summed E-state index contributed by atoms with van der Waals surface area (Å²) in [5, 5.41) is 4.40. The van der Waals surface area contributed by atoms with Crippen LogP contribution in [-0.2, 0) is 6.54 Å². The van der Waals surface area contributed by atoms with Crippen LogP contribution >= 0.6 is 23.2 Å². The molecule has 3 nitrogen and oxygen atoms in total. The zero-order valence-electron chi connectivity index (χ0n) is 8.32. The number of hydrogen-bond acceptors (Lipinski definition) is 3. The highest BCUT2D eigenvalue weighted by Crippen LogP contribution is 2.22. The maximum Gasteiger partial charge on any atom is 0.115 e. The monoisotopic (exact) mass is 253 g/mol. The van der Waals surface area contributed by atoms with Gasteiger partial charge in [0.25, 0.3) is 0 Å². The van der Waals surface area contributed by atoms with Gasteiger partial charge in [-0.3, -0.25) is 0 Å². The Labute approximate surface area is 103 Å². The summed E-state index contributed by atoms with van der Waals surface area (Å²) in [6.07, 6.45) is 3.22. The molecule has 0 saturated heterocycles. The Morgan fingerprint density at radius 1 is 1.12 bits per heavy atom. The summed E-state index contributed by atoms with van der Waals surface area (Å²) < 4.78 is 0. The molecular weight excluding hydrogens is 245 g/mol. The molecule has 16 heavy (non-hydrogen) atoms. The molecule has 0 fully saturated rings. The van der Waals surface area contributed by atoms with Crippen molar-refractivity contribution in [2.75, 3.05) is 5.32 Å². The third-order valence-electron chi connectivity index (χ3n) is 1.98. The minimum Gasteiger partial charge on any atom is -0.379 e. The van der Waals surface area contributed by atoms with Crippen LogP contribution in [0.3, 0.4) is 0 Å². The molecule has 1 aromatic heterocycles. The number of halogens is 2. The lowest BCUT2D eigenvalue weighted by molar-refractivity contribution is 1.01. The van der Waals surface area contributed by atoms with Crippen LogP contribution in [0.1, 0.15) is 5.69 Å². The first kappa shape index (κ1) is 11.2. The Morgan fingerprint density at radius 3 is 2.50 bits per heavy atom. The van der Waals surface area contributed by atoms with Crippen LogP contribution in [0.2, 0.25) is 10.0 Å². The van der Waals surface area contributed by atoms with Gasteiger partial charge in [0, 0.05) is 21.9 Å². The molecule has 2 aromatic rings. The summed E-state index contributed by atoms with van der Waals surface area (Å²) in [6, 6.07) is 7.17. The van der Waals surface area contributed by atoms with Gasteiger partial charge in [0.15, 0.2) is 0 Å². The van der Waals surface area contributed by atoms with Crippen molar-refractivity contribution in [1.82, 2.24) is 9.97 Å². The molecule has 0 bridgehead atoms. The molecule has 5 heteroatoms. The van der Waals surface area contributed by atoms with Gasteiger partial charge in [-0.15, -0.1) is 0 Å². The van der Waals surface area contributed by atoms with Gasteiger partial charge >= 0.3 is 0 Å². The largest absolute Gasteiger partial charge is 0.379 e. The molecule has 0 unspecified atom stereocenters. The minimum atomic E-state index is 0.609. The van der Waals surface area contributed by atoms with Crippen LogP contribution < -0.4 is 5.32 Å². The second kappa shape index (κ2) is 5.14. The number of benzene rings is 1. The van der Waals surface area contributed by atoms with Gasteiger partial charge in [-0.05, 0) is 24.3 Å². The Bertz CT molecular complexity index is 454. The van der Waals surface area contributed by atoms with Crippen molar-refractivity contribution in [3.63, 3.8) is 0 Å². The molecule has 1 heterocycles. The third-order valence-corrected chi connectivity index (χ3v) is 2.42. The van der Waals surface area contributed by atoms with Crippen LogP contribution in [0.4, 0.5) is 5.69 Å². The van der Waals surface area contributed by atoms with E-state index in [4.69, 9.17) is 23.2 Å². The first-order valence-electron chi connectivity index (χ1n) is 4.69. The molecule has 0 spiro atoms. The van der Waals surface area contributed by atoms with Crippen LogP contribution in [0.15, 0.2) is 36.8 Å². The first-order chi connectivity index (χ1) is 7.74. The zero-order chi connectivity index (χ0) is 11.4. The molecule has 2 rings (SSSR count). The van der Waals surface area contributed by atoms with E-state index in [1.165, 1.54) is 6.33 Å². The maximum atomic E-state index is 5.88. The fourth-order valence-electron chi connectivity index (χ4n) is 1.27. The topological polar surface area (TPSA) is 37.8 Å². The number of rotatable bonds is 3. The Balaban J connectivity index is 2.05. The van der Waals surface area contributed by atoms with Crippen molar-refractivity contribution in [2.24, 2.45) is 0 Å². The SMILES string of the molecule is Clc1cc(Cl)cc(NCc2ccncn2)c1. The minimum absolute atomic E-state index is 0.609. The van der Waals surface area contributed by atoms with E-state index in [1.54, 1.807) is 12.3 Å². The summed E-state index contributed by atoms with van der Waals surface area (Å²) in [4.78, 5) is 7.95. The molecule has 0 amide bonds. The summed E-state index contributed by atoms with van der Waals surface area (Å²) in [6.45, 7) is 0.610. The fourth-order valence-corrected chi connectivity index (χ4v) is 1.80. The standard InChI is InChI=1S/C11H9Cl2N3/c12-8-3-9(13)5-11(4-8)15-6-10-1-2-14-7-16-10/h1-5,7,15H,6H2. The molecule has 0 radical (unpaired) electrons. The Hall–Kier alpha value is -1.32. The summed E-state index contributed by atoms with van der Waals surface area (Å²) in [7, 11) is 0. The molecule has 0 aliphatic carbocycles. The number of nitrogens with one attached hydrogen (secondary N) is 1. The lowest BCUT2D eigenvalue weighted by Gasteiger charge is -2.06. The summed E-state index contributed by atoms with van der Waals surface area (Å²) in [5.74, 6) is 0. The van der Waals surface area contributed by atoms with E-state index >= 15 is 0 Å². The molecule has 0 atom stereocenters. The lowest BCUT2D eigenvalue weighted by atomic mass is 10.3. The van der Waals surface area contributed by atoms with Crippen molar-refractivity contribution in [2.45, 2.75) is 6.54 Å². The van der Waals surface area contributed by atoms with Crippen LogP contribution in [0.5, 0.6) is 0 Å². The van der Waals surface area contributed by atoms with E-state index in [-0.39, 0.29) is 0 Å². The van der Waals surface area contributed by atoms with Gasteiger partial charge in [0.05, 0.1) is 12.2 Å². The third kappa shape index (κ3) is 3.08. The lowest BCUT2D eigenvalue weighted by Crippen LogP contribution is -2.01. The number of anilines is 1. The van der Waals surface area contributed by atoms with Crippen molar-refractivity contribution in [3.05, 3.63) is 52.5 Å². The van der Waals surface area contributed by atoms with E-state index in [2.05, 4.69) is 15.3 Å². The Kier molecular flexibility index (Phi) is 3.59. The van der Waals surface area contributed by atoms with Gasteiger partial charge in [-0.25, -0.2) is 9.97 Å². The van der Waals surface area contributed by atoms with Gasteiger partial charge < -0.3 is 5.32 Å². The van der Waals surface area contributed by atoms with Gasteiger partial charge in [-0.1, -0.05) is 23.2 Å². The summed E-state index contributed by atoms with van der Waals surface area (Å²) in [5.41, 5.74) is 1.78. The first-order valence-corrected chi connectivity index (χ1v) is 5.44. The zero-order valence-corrected chi connectivity index (χ0v) is 9.83. The van der Waals surface area contributed by atoms with E-state index < -0.39 is 0 Å². The van der Waals surface area contributed by atoms with E-state index in [9.17, 15) is 0 Å². The number of aromatic nitrogens is 2. The average molecular weight is 254 g/mol. The molecule has 0 saturated carbocycles. The molecule has 0 aliphatic heterocycles. The predicted molar refractivity (Wildman–Crippen MR) is 65.8 cm³/mol. The second-order valence-corrected chi connectivity index (χ2v) is 4.09. The number of hydrogen-bond donors (Lipinski definition) is 1. The van der Waals surface area contributed by atoms with Gasteiger partial charge in [0.2, 0.25) is 0 Å². The quantitative estimate of drug-likeness (QED) is 0.912. The molecule has 1 N–H and O–H groups in total. The average Bonchev–Trinajstić information content (AvgIpc) is 2.27. The van der Waals surface area contributed by atoms with E-state index in [0.29, 0.717) is 16.6 Å².